The minimum Gasteiger partial charge on any atom is -0.383 e. The Hall–Kier alpha value is -1.03. The van der Waals surface area contributed by atoms with Gasteiger partial charge in [0, 0.05) is 26.6 Å². The van der Waals surface area contributed by atoms with Crippen molar-refractivity contribution in [2.45, 2.75) is 19.4 Å². The molecule has 1 heterocycles. The summed E-state index contributed by atoms with van der Waals surface area (Å²) in [7, 11) is 3.59. The smallest absolute Gasteiger partial charge is 0.202 e. The number of methoxy groups -OCH3 is 1. The summed E-state index contributed by atoms with van der Waals surface area (Å²) in [4.78, 5) is 4.18. The molecule has 1 aromatic heterocycles. The lowest BCUT2D eigenvalue weighted by atomic mass is 10.2. The van der Waals surface area contributed by atoms with Crippen molar-refractivity contribution in [2.24, 2.45) is 0 Å². The van der Waals surface area contributed by atoms with Crippen LogP contribution in [0.1, 0.15) is 19.4 Å². The quantitative estimate of drug-likeness (QED) is 0.752. The SMILES string of the molecule is CCC(COC)n1ccnc1NC. The van der Waals surface area contributed by atoms with Crippen LogP contribution in [0.3, 0.4) is 0 Å². The molecule has 0 saturated heterocycles. The van der Waals surface area contributed by atoms with Gasteiger partial charge in [0.2, 0.25) is 5.95 Å². The Labute approximate surface area is 78.9 Å². The van der Waals surface area contributed by atoms with Crippen LogP contribution >= 0.6 is 0 Å². The molecule has 0 amide bonds. The summed E-state index contributed by atoms with van der Waals surface area (Å²) in [5.74, 6) is 0.893. The van der Waals surface area contributed by atoms with Crippen LogP contribution in [-0.2, 0) is 4.74 Å². The first-order valence-corrected chi connectivity index (χ1v) is 4.53. The molecule has 0 spiro atoms. The highest BCUT2D eigenvalue weighted by atomic mass is 16.5. The lowest BCUT2D eigenvalue weighted by molar-refractivity contribution is 0.154. The van der Waals surface area contributed by atoms with E-state index in [4.69, 9.17) is 4.74 Å². The van der Waals surface area contributed by atoms with Crippen LogP contribution in [0.2, 0.25) is 0 Å². The van der Waals surface area contributed by atoms with Crippen molar-refractivity contribution in [3.8, 4) is 0 Å². The van der Waals surface area contributed by atoms with Crippen molar-refractivity contribution in [1.29, 1.82) is 0 Å². The Kier molecular flexibility index (Phi) is 3.76. The third kappa shape index (κ3) is 2.21. The van der Waals surface area contributed by atoms with Gasteiger partial charge in [-0.15, -0.1) is 0 Å². The van der Waals surface area contributed by atoms with Crippen molar-refractivity contribution in [3.05, 3.63) is 12.4 Å². The van der Waals surface area contributed by atoms with Gasteiger partial charge in [0.25, 0.3) is 0 Å². The Morgan fingerprint density at radius 3 is 3.00 bits per heavy atom. The van der Waals surface area contributed by atoms with E-state index in [1.165, 1.54) is 0 Å². The maximum Gasteiger partial charge on any atom is 0.202 e. The van der Waals surface area contributed by atoms with E-state index in [1.54, 1.807) is 13.3 Å². The number of rotatable bonds is 5. The minimum absolute atomic E-state index is 0.370. The van der Waals surface area contributed by atoms with E-state index in [2.05, 4.69) is 21.8 Å². The zero-order chi connectivity index (χ0) is 9.68. The molecular formula is C9H17N3O. The molecule has 13 heavy (non-hydrogen) atoms. The molecule has 0 bridgehead atoms. The topological polar surface area (TPSA) is 39.1 Å². The number of imidazole rings is 1. The van der Waals surface area contributed by atoms with Crippen molar-refractivity contribution in [3.63, 3.8) is 0 Å². The highest BCUT2D eigenvalue weighted by Crippen LogP contribution is 2.16. The second-order valence-electron chi connectivity index (χ2n) is 2.93. The van der Waals surface area contributed by atoms with Gasteiger partial charge in [-0.25, -0.2) is 4.98 Å². The van der Waals surface area contributed by atoms with Crippen LogP contribution < -0.4 is 5.32 Å². The molecule has 74 valence electrons. The van der Waals surface area contributed by atoms with Crippen LogP contribution in [0, 0.1) is 0 Å². The van der Waals surface area contributed by atoms with Gasteiger partial charge in [0.1, 0.15) is 0 Å². The Morgan fingerprint density at radius 1 is 1.69 bits per heavy atom. The number of aromatic nitrogens is 2. The summed E-state index contributed by atoms with van der Waals surface area (Å²) in [5.41, 5.74) is 0. The summed E-state index contributed by atoms with van der Waals surface area (Å²) in [5, 5.41) is 3.05. The number of anilines is 1. The second-order valence-corrected chi connectivity index (χ2v) is 2.93. The van der Waals surface area contributed by atoms with Crippen LogP contribution in [-0.4, -0.2) is 30.3 Å². The van der Waals surface area contributed by atoms with Gasteiger partial charge in [-0.1, -0.05) is 6.92 Å². The molecule has 0 fully saturated rings. The van der Waals surface area contributed by atoms with E-state index in [-0.39, 0.29) is 0 Å². The van der Waals surface area contributed by atoms with E-state index >= 15 is 0 Å². The first-order chi connectivity index (χ1) is 6.33. The standard InChI is InChI=1S/C9H17N3O/c1-4-8(7-13-3)12-6-5-11-9(12)10-2/h5-6,8H,4,7H2,1-3H3,(H,10,11). The van der Waals surface area contributed by atoms with Gasteiger partial charge >= 0.3 is 0 Å². The fraction of sp³-hybridized carbons (Fsp3) is 0.667. The van der Waals surface area contributed by atoms with E-state index in [9.17, 15) is 0 Å². The summed E-state index contributed by atoms with van der Waals surface area (Å²) in [6.07, 6.45) is 4.81. The fourth-order valence-electron chi connectivity index (χ4n) is 1.39. The number of hydrogen-bond acceptors (Lipinski definition) is 3. The molecule has 0 aliphatic rings. The van der Waals surface area contributed by atoms with Crippen LogP contribution in [0.15, 0.2) is 12.4 Å². The molecule has 1 N–H and O–H groups in total. The molecule has 0 aliphatic heterocycles. The summed E-state index contributed by atoms with van der Waals surface area (Å²) < 4.78 is 7.24. The predicted octanol–water partition coefficient (Wildman–Crippen LogP) is 1.52. The number of nitrogens with one attached hydrogen (secondary N) is 1. The third-order valence-corrected chi connectivity index (χ3v) is 2.12. The molecule has 1 atom stereocenters. The normalized spacial score (nSPS) is 12.8. The number of ether oxygens (including phenoxy) is 1. The molecule has 0 saturated carbocycles. The van der Waals surface area contributed by atoms with Gasteiger partial charge in [-0.05, 0) is 6.42 Å². The molecular weight excluding hydrogens is 166 g/mol. The number of nitrogens with zero attached hydrogens (tertiary/aromatic N) is 2. The zero-order valence-corrected chi connectivity index (χ0v) is 8.45. The van der Waals surface area contributed by atoms with Crippen molar-refractivity contribution >= 4 is 5.95 Å². The van der Waals surface area contributed by atoms with Crippen molar-refractivity contribution < 1.29 is 4.74 Å². The molecule has 4 heteroatoms. The average Bonchev–Trinajstić information content (AvgIpc) is 2.61. The first-order valence-electron chi connectivity index (χ1n) is 4.53. The zero-order valence-electron chi connectivity index (χ0n) is 8.45. The van der Waals surface area contributed by atoms with Gasteiger partial charge < -0.3 is 14.6 Å². The highest BCUT2D eigenvalue weighted by Gasteiger charge is 2.10. The van der Waals surface area contributed by atoms with Gasteiger partial charge in [-0.3, -0.25) is 0 Å². The third-order valence-electron chi connectivity index (χ3n) is 2.12. The highest BCUT2D eigenvalue weighted by molar-refractivity contribution is 5.25. The Morgan fingerprint density at radius 2 is 2.46 bits per heavy atom. The molecule has 1 aromatic rings. The minimum atomic E-state index is 0.370. The Balaban J connectivity index is 2.77. The van der Waals surface area contributed by atoms with Crippen LogP contribution in [0.4, 0.5) is 5.95 Å². The summed E-state index contributed by atoms with van der Waals surface area (Å²) in [6.45, 7) is 2.87. The average molecular weight is 183 g/mol. The van der Waals surface area contributed by atoms with E-state index in [1.807, 2.05) is 13.2 Å². The monoisotopic (exact) mass is 183 g/mol. The van der Waals surface area contributed by atoms with E-state index < -0.39 is 0 Å². The van der Waals surface area contributed by atoms with Gasteiger partial charge in [0.15, 0.2) is 0 Å². The van der Waals surface area contributed by atoms with Crippen molar-refractivity contribution in [1.82, 2.24) is 9.55 Å². The lowest BCUT2D eigenvalue weighted by Gasteiger charge is -2.17. The molecule has 0 aromatic carbocycles. The molecule has 4 nitrogen and oxygen atoms in total. The largest absolute Gasteiger partial charge is 0.383 e. The second kappa shape index (κ2) is 4.87. The van der Waals surface area contributed by atoms with E-state index in [0.717, 1.165) is 19.0 Å². The predicted molar refractivity (Wildman–Crippen MR) is 53.0 cm³/mol. The first kappa shape index (κ1) is 10.1. The molecule has 1 rings (SSSR count). The number of hydrogen-bond donors (Lipinski definition) is 1. The van der Waals surface area contributed by atoms with Gasteiger partial charge in [0.05, 0.1) is 12.6 Å². The van der Waals surface area contributed by atoms with Gasteiger partial charge in [-0.2, -0.15) is 0 Å². The summed E-state index contributed by atoms with van der Waals surface area (Å²) in [6, 6.07) is 0.370. The van der Waals surface area contributed by atoms with Crippen LogP contribution in [0.5, 0.6) is 0 Å². The maximum absolute atomic E-state index is 5.14. The Bertz CT molecular complexity index is 247. The lowest BCUT2D eigenvalue weighted by Crippen LogP contribution is -2.15. The molecule has 1 unspecified atom stereocenters. The maximum atomic E-state index is 5.14. The van der Waals surface area contributed by atoms with Crippen LogP contribution in [0.25, 0.3) is 0 Å². The molecule has 0 radical (unpaired) electrons. The molecule has 0 aliphatic carbocycles. The summed E-state index contributed by atoms with van der Waals surface area (Å²) >= 11 is 0. The van der Waals surface area contributed by atoms with E-state index in [0.29, 0.717) is 6.04 Å². The fourth-order valence-corrected chi connectivity index (χ4v) is 1.39. The van der Waals surface area contributed by atoms with Crippen molar-refractivity contribution in [2.75, 3.05) is 26.1 Å².